The highest BCUT2D eigenvalue weighted by molar-refractivity contribution is 5.88. The fourth-order valence-corrected chi connectivity index (χ4v) is 4.16. The number of ether oxygens (including phenoxy) is 1. The largest absolute Gasteiger partial charge is 0.497 e. The van der Waals surface area contributed by atoms with Crippen LogP contribution in [-0.2, 0) is 6.42 Å². The highest BCUT2D eigenvalue weighted by Gasteiger charge is 2.15. The maximum absolute atomic E-state index is 14.9. The van der Waals surface area contributed by atoms with Gasteiger partial charge >= 0.3 is 0 Å². The summed E-state index contributed by atoms with van der Waals surface area (Å²) < 4.78 is 35.0. The minimum absolute atomic E-state index is 0.0232. The molecule has 32 heavy (non-hydrogen) atoms. The van der Waals surface area contributed by atoms with Gasteiger partial charge in [-0.05, 0) is 76.2 Å². The minimum Gasteiger partial charge on any atom is -0.497 e. The predicted octanol–water partition coefficient (Wildman–Crippen LogP) is 8.58. The van der Waals surface area contributed by atoms with Gasteiger partial charge in [0.15, 0.2) is 0 Å². The molecule has 0 radical (unpaired) electrons. The van der Waals surface area contributed by atoms with Gasteiger partial charge in [0.25, 0.3) is 0 Å². The normalized spacial score (nSPS) is 11.1. The highest BCUT2D eigenvalue weighted by Crippen LogP contribution is 2.33. The first-order chi connectivity index (χ1) is 15.6. The lowest BCUT2D eigenvalue weighted by atomic mass is 9.96. The molecule has 4 aromatic rings. The second kappa shape index (κ2) is 9.95. The number of benzene rings is 4. The van der Waals surface area contributed by atoms with Gasteiger partial charge in [0.05, 0.1) is 12.7 Å². The molecule has 0 spiro atoms. The zero-order valence-electron chi connectivity index (χ0n) is 18.6. The summed E-state index contributed by atoms with van der Waals surface area (Å²) in [6.45, 7) is 2.22. The molecule has 3 heteroatoms. The van der Waals surface area contributed by atoms with E-state index < -0.39 is 11.6 Å². The van der Waals surface area contributed by atoms with Crippen LogP contribution >= 0.6 is 0 Å². The van der Waals surface area contributed by atoms with Crippen LogP contribution in [0.15, 0.2) is 72.8 Å². The van der Waals surface area contributed by atoms with Crippen LogP contribution in [0.2, 0.25) is 0 Å². The van der Waals surface area contributed by atoms with Crippen LogP contribution in [0.25, 0.3) is 33.0 Å². The Kier molecular flexibility index (Phi) is 6.84. The van der Waals surface area contributed by atoms with Crippen molar-refractivity contribution in [2.75, 3.05) is 7.11 Å². The third-order valence-electron chi connectivity index (χ3n) is 5.98. The van der Waals surface area contributed by atoms with E-state index in [1.807, 2.05) is 18.2 Å². The average Bonchev–Trinajstić information content (AvgIpc) is 2.81. The number of aryl methyl sites for hydroxylation is 1. The van der Waals surface area contributed by atoms with Crippen LogP contribution in [0.3, 0.4) is 0 Å². The first-order valence-electron chi connectivity index (χ1n) is 11.3. The van der Waals surface area contributed by atoms with Crippen LogP contribution in [0.5, 0.6) is 5.75 Å². The molecule has 0 atom stereocenters. The summed E-state index contributed by atoms with van der Waals surface area (Å²) in [5.74, 6) is -0.508. The number of fused-ring (bicyclic) bond motifs is 1. The Hall–Kier alpha value is -3.20. The van der Waals surface area contributed by atoms with E-state index in [1.165, 1.54) is 43.4 Å². The average molecular weight is 431 g/mol. The van der Waals surface area contributed by atoms with Crippen LogP contribution in [0.4, 0.5) is 8.78 Å². The SMILES string of the molecule is CCCCCCc1ccc2cc(-c3cc(F)c(-c4ccc(OC)cc4)c(F)c3)ccc2c1. The lowest BCUT2D eigenvalue weighted by molar-refractivity contribution is 0.415. The number of unbranched alkanes of at least 4 members (excludes halogenated alkanes) is 3. The fourth-order valence-electron chi connectivity index (χ4n) is 4.16. The number of hydrogen-bond acceptors (Lipinski definition) is 1. The number of methoxy groups -OCH3 is 1. The van der Waals surface area contributed by atoms with Crippen molar-refractivity contribution in [1.29, 1.82) is 0 Å². The Bertz CT molecular complexity index is 1190. The topological polar surface area (TPSA) is 9.23 Å². The molecule has 0 unspecified atom stereocenters. The number of halogens is 2. The molecular weight excluding hydrogens is 402 g/mol. The maximum Gasteiger partial charge on any atom is 0.134 e. The van der Waals surface area contributed by atoms with Crippen molar-refractivity contribution in [3.63, 3.8) is 0 Å². The molecule has 0 N–H and O–H groups in total. The standard InChI is InChI=1S/C29H28F2O/c1-3-4-5-6-7-20-8-9-23-17-24(11-10-22(23)16-20)25-18-27(30)29(28(31)19-25)21-12-14-26(32-2)15-13-21/h8-19H,3-7H2,1-2H3. The zero-order valence-corrected chi connectivity index (χ0v) is 18.6. The summed E-state index contributed by atoms with van der Waals surface area (Å²) in [7, 11) is 1.56. The summed E-state index contributed by atoms with van der Waals surface area (Å²) in [4.78, 5) is 0. The van der Waals surface area contributed by atoms with Gasteiger partial charge in [-0.15, -0.1) is 0 Å². The van der Waals surface area contributed by atoms with Crippen molar-refractivity contribution in [3.05, 3.63) is 90.0 Å². The number of hydrogen-bond donors (Lipinski definition) is 0. The van der Waals surface area contributed by atoms with E-state index in [2.05, 4.69) is 25.1 Å². The van der Waals surface area contributed by atoms with E-state index in [4.69, 9.17) is 4.74 Å². The molecule has 0 heterocycles. The molecule has 1 nitrogen and oxygen atoms in total. The molecule has 0 aliphatic carbocycles. The molecule has 0 bridgehead atoms. The van der Waals surface area contributed by atoms with Crippen molar-refractivity contribution in [2.24, 2.45) is 0 Å². The van der Waals surface area contributed by atoms with Crippen LogP contribution in [0.1, 0.15) is 38.2 Å². The predicted molar refractivity (Wildman–Crippen MR) is 129 cm³/mol. The van der Waals surface area contributed by atoms with E-state index >= 15 is 0 Å². The summed E-state index contributed by atoms with van der Waals surface area (Å²) >= 11 is 0. The molecule has 0 saturated carbocycles. The number of rotatable bonds is 8. The summed E-state index contributed by atoms with van der Waals surface area (Å²) in [6, 6.07) is 22.0. The van der Waals surface area contributed by atoms with Gasteiger partial charge in [-0.2, -0.15) is 0 Å². The van der Waals surface area contributed by atoms with Crippen LogP contribution in [-0.4, -0.2) is 7.11 Å². The summed E-state index contributed by atoms with van der Waals surface area (Å²) in [5.41, 5.74) is 3.12. The lowest BCUT2D eigenvalue weighted by Gasteiger charge is -2.11. The Morgan fingerprint density at radius 1 is 0.656 bits per heavy atom. The molecule has 0 fully saturated rings. The highest BCUT2D eigenvalue weighted by atomic mass is 19.1. The monoisotopic (exact) mass is 430 g/mol. The van der Waals surface area contributed by atoms with E-state index in [0.717, 1.165) is 22.8 Å². The molecule has 4 aromatic carbocycles. The third kappa shape index (κ3) is 4.83. The second-order valence-corrected chi connectivity index (χ2v) is 8.25. The third-order valence-corrected chi connectivity index (χ3v) is 5.98. The van der Waals surface area contributed by atoms with E-state index in [1.54, 1.807) is 31.4 Å². The smallest absolute Gasteiger partial charge is 0.134 e. The molecule has 0 saturated heterocycles. The van der Waals surface area contributed by atoms with Crippen LogP contribution < -0.4 is 4.74 Å². The van der Waals surface area contributed by atoms with Gasteiger partial charge < -0.3 is 4.74 Å². The molecule has 0 aliphatic heterocycles. The van der Waals surface area contributed by atoms with Crippen molar-refractivity contribution in [1.82, 2.24) is 0 Å². The van der Waals surface area contributed by atoms with Gasteiger partial charge in [0, 0.05) is 0 Å². The van der Waals surface area contributed by atoms with E-state index in [-0.39, 0.29) is 5.56 Å². The molecule has 0 amide bonds. The van der Waals surface area contributed by atoms with Gasteiger partial charge in [-0.25, -0.2) is 8.78 Å². The summed E-state index contributed by atoms with van der Waals surface area (Å²) in [5, 5.41) is 2.22. The molecule has 0 aromatic heterocycles. The zero-order chi connectivity index (χ0) is 22.5. The van der Waals surface area contributed by atoms with Gasteiger partial charge in [-0.3, -0.25) is 0 Å². The second-order valence-electron chi connectivity index (χ2n) is 8.25. The van der Waals surface area contributed by atoms with Gasteiger partial charge in [0.2, 0.25) is 0 Å². The van der Waals surface area contributed by atoms with Gasteiger partial charge in [0.1, 0.15) is 17.4 Å². The quantitative estimate of drug-likeness (QED) is 0.254. The van der Waals surface area contributed by atoms with Crippen molar-refractivity contribution in [3.8, 4) is 28.0 Å². The van der Waals surface area contributed by atoms with E-state index in [9.17, 15) is 8.78 Å². The first kappa shape index (κ1) is 22.0. The Morgan fingerprint density at radius 2 is 1.31 bits per heavy atom. The molecular formula is C29H28F2O. The fraction of sp³-hybridized carbons (Fsp3) is 0.241. The Balaban J connectivity index is 1.60. The molecule has 0 aliphatic rings. The molecule has 4 rings (SSSR count). The van der Waals surface area contributed by atoms with Crippen molar-refractivity contribution >= 4 is 10.8 Å². The van der Waals surface area contributed by atoms with Crippen molar-refractivity contribution in [2.45, 2.75) is 39.0 Å². The Morgan fingerprint density at radius 3 is 2.00 bits per heavy atom. The van der Waals surface area contributed by atoms with E-state index in [0.29, 0.717) is 16.9 Å². The van der Waals surface area contributed by atoms with Crippen LogP contribution in [0, 0.1) is 11.6 Å². The van der Waals surface area contributed by atoms with Crippen molar-refractivity contribution < 1.29 is 13.5 Å². The minimum atomic E-state index is -0.576. The molecule has 164 valence electrons. The lowest BCUT2D eigenvalue weighted by Crippen LogP contribution is -1.93. The summed E-state index contributed by atoms with van der Waals surface area (Å²) in [6.07, 6.45) is 6.07. The first-order valence-corrected chi connectivity index (χ1v) is 11.3. The Labute approximate surface area is 188 Å². The maximum atomic E-state index is 14.9. The van der Waals surface area contributed by atoms with Gasteiger partial charge in [-0.1, -0.05) is 68.7 Å².